The average molecular weight is 277 g/mol. The second-order valence-electron chi connectivity index (χ2n) is 3.81. The van der Waals surface area contributed by atoms with Crippen LogP contribution in [0.15, 0.2) is 54.6 Å². The van der Waals surface area contributed by atoms with E-state index in [1.165, 1.54) is 24.3 Å². The van der Waals surface area contributed by atoms with Crippen LogP contribution in [-0.2, 0) is 0 Å². The summed E-state index contributed by atoms with van der Waals surface area (Å²) < 4.78 is 39.7. The van der Waals surface area contributed by atoms with Crippen molar-refractivity contribution in [1.29, 1.82) is 0 Å². The zero-order chi connectivity index (χ0) is 14.4. The van der Waals surface area contributed by atoms with E-state index in [2.05, 4.69) is 22.0 Å². The molecular formula is C15H10F3NO. The Bertz CT molecular complexity index is 610. The molecule has 20 heavy (non-hydrogen) atoms. The molecule has 0 aliphatic rings. The van der Waals surface area contributed by atoms with Crippen molar-refractivity contribution in [3.63, 3.8) is 0 Å². The van der Waals surface area contributed by atoms with Gasteiger partial charge in [0.15, 0.2) is 0 Å². The summed E-state index contributed by atoms with van der Waals surface area (Å²) in [5, 5.41) is 2.79. The molecule has 0 aliphatic heterocycles. The summed E-state index contributed by atoms with van der Waals surface area (Å²) in [6, 6.07) is 17.4. The first-order chi connectivity index (χ1) is 9.53. The van der Waals surface area contributed by atoms with Crippen LogP contribution in [-0.4, -0.2) is 6.36 Å². The molecule has 0 saturated carbocycles. The van der Waals surface area contributed by atoms with Crippen LogP contribution in [0, 0.1) is 12.0 Å². The lowest BCUT2D eigenvalue weighted by molar-refractivity contribution is -0.274. The smallest absolute Gasteiger partial charge is 0.406 e. The standard InChI is InChI=1S/C15H10F3NO/c16-15(17,18)20-14-8-6-13(7-9-14)19-11-10-12-4-2-1-3-5-12/h1-9,19H. The van der Waals surface area contributed by atoms with Crippen LogP contribution >= 0.6 is 0 Å². The average Bonchev–Trinajstić information content (AvgIpc) is 2.40. The zero-order valence-corrected chi connectivity index (χ0v) is 10.2. The van der Waals surface area contributed by atoms with Gasteiger partial charge < -0.3 is 10.1 Å². The van der Waals surface area contributed by atoms with Crippen molar-refractivity contribution in [2.24, 2.45) is 0 Å². The van der Waals surface area contributed by atoms with E-state index in [1.807, 2.05) is 30.3 Å². The SMILES string of the molecule is FC(F)(F)Oc1ccc(NC#Cc2ccccc2)cc1. The van der Waals surface area contributed by atoms with E-state index >= 15 is 0 Å². The molecule has 2 rings (SSSR count). The van der Waals surface area contributed by atoms with Crippen LogP contribution in [0.2, 0.25) is 0 Å². The Morgan fingerprint density at radius 2 is 1.55 bits per heavy atom. The third-order valence-electron chi connectivity index (χ3n) is 2.28. The van der Waals surface area contributed by atoms with E-state index in [1.54, 1.807) is 0 Å². The van der Waals surface area contributed by atoms with Gasteiger partial charge in [0, 0.05) is 17.3 Å². The molecule has 0 spiro atoms. The van der Waals surface area contributed by atoms with Gasteiger partial charge in [0.25, 0.3) is 0 Å². The molecule has 0 bridgehead atoms. The summed E-state index contributed by atoms with van der Waals surface area (Å²) in [5.41, 5.74) is 1.43. The lowest BCUT2D eigenvalue weighted by atomic mass is 10.2. The van der Waals surface area contributed by atoms with Gasteiger partial charge in [-0.15, -0.1) is 13.2 Å². The lowest BCUT2D eigenvalue weighted by Crippen LogP contribution is -2.16. The second kappa shape index (κ2) is 6.02. The Hall–Kier alpha value is -2.61. The van der Waals surface area contributed by atoms with Crippen molar-refractivity contribution in [3.05, 3.63) is 60.2 Å². The highest BCUT2D eigenvalue weighted by molar-refractivity contribution is 5.51. The van der Waals surface area contributed by atoms with Gasteiger partial charge in [-0.3, -0.25) is 0 Å². The second-order valence-corrected chi connectivity index (χ2v) is 3.81. The minimum absolute atomic E-state index is 0.265. The largest absolute Gasteiger partial charge is 0.573 e. The van der Waals surface area contributed by atoms with Gasteiger partial charge in [-0.2, -0.15) is 0 Å². The third kappa shape index (κ3) is 4.58. The van der Waals surface area contributed by atoms with Crippen molar-refractivity contribution in [1.82, 2.24) is 0 Å². The first-order valence-corrected chi connectivity index (χ1v) is 5.71. The molecule has 0 heterocycles. The molecule has 0 amide bonds. The van der Waals surface area contributed by atoms with Crippen molar-refractivity contribution >= 4 is 5.69 Å². The highest BCUT2D eigenvalue weighted by atomic mass is 19.4. The maximum atomic E-state index is 12.0. The number of hydrogen-bond acceptors (Lipinski definition) is 2. The number of benzene rings is 2. The molecule has 0 atom stereocenters. The van der Waals surface area contributed by atoms with Crippen LogP contribution in [0.4, 0.5) is 18.9 Å². The predicted molar refractivity (Wildman–Crippen MR) is 70.1 cm³/mol. The number of anilines is 1. The molecule has 2 nitrogen and oxygen atoms in total. The number of ether oxygens (including phenoxy) is 1. The Labute approximate surface area is 114 Å². The number of nitrogens with one attached hydrogen (secondary N) is 1. The van der Waals surface area contributed by atoms with Gasteiger partial charge in [-0.1, -0.05) is 18.2 Å². The summed E-state index contributed by atoms with van der Waals surface area (Å²) in [4.78, 5) is 0. The molecule has 0 fully saturated rings. The molecule has 102 valence electrons. The van der Waals surface area contributed by atoms with Gasteiger partial charge in [-0.05, 0) is 42.3 Å². The number of rotatable bonds is 2. The fourth-order valence-corrected chi connectivity index (χ4v) is 1.44. The lowest BCUT2D eigenvalue weighted by Gasteiger charge is -2.08. The minimum atomic E-state index is -4.68. The fourth-order valence-electron chi connectivity index (χ4n) is 1.44. The van der Waals surface area contributed by atoms with Crippen molar-refractivity contribution in [2.45, 2.75) is 6.36 Å². The van der Waals surface area contributed by atoms with E-state index in [0.29, 0.717) is 5.69 Å². The van der Waals surface area contributed by atoms with Gasteiger partial charge in [0.05, 0.1) is 0 Å². The van der Waals surface area contributed by atoms with E-state index in [-0.39, 0.29) is 5.75 Å². The third-order valence-corrected chi connectivity index (χ3v) is 2.28. The minimum Gasteiger partial charge on any atom is -0.406 e. The van der Waals surface area contributed by atoms with Gasteiger partial charge in [-0.25, -0.2) is 0 Å². The Kier molecular flexibility index (Phi) is 4.16. The summed E-state index contributed by atoms with van der Waals surface area (Å²) in [6.45, 7) is 0. The first kappa shape index (κ1) is 13.8. The Morgan fingerprint density at radius 3 is 2.15 bits per heavy atom. The molecule has 2 aromatic carbocycles. The van der Waals surface area contributed by atoms with E-state index in [4.69, 9.17) is 0 Å². The number of alkyl halides is 3. The van der Waals surface area contributed by atoms with E-state index < -0.39 is 6.36 Å². The maximum absolute atomic E-state index is 12.0. The normalized spacial score (nSPS) is 10.3. The van der Waals surface area contributed by atoms with Crippen LogP contribution in [0.5, 0.6) is 5.75 Å². The van der Waals surface area contributed by atoms with Crippen LogP contribution in [0.1, 0.15) is 5.56 Å². The topological polar surface area (TPSA) is 21.3 Å². The molecule has 0 saturated heterocycles. The monoisotopic (exact) mass is 277 g/mol. The highest BCUT2D eigenvalue weighted by Crippen LogP contribution is 2.23. The first-order valence-electron chi connectivity index (χ1n) is 5.71. The van der Waals surface area contributed by atoms with Gasteiger partial charge in [0.1, 0.15) is 5.75 Å². The Morgan fingerprint density at radius 1 is 0.900 bits per heavy atom. The molecule has 0 unspecified atom stereocenters. The predicted octanol–water partition coefficient (Wildman–Crippen LogP) is 4.01. The maximum Gasteiger partial charge on any atom is 0.573 e. The summed E-state index contributed by atoms with van der Waals surface area (Å²) >= 11 is 0. The molecule has 0 radical (unpaired) electrons. The molecule has 0 aliphatic carbocycles. The summed E-state index contributed by atoms with van der Waals surface area (Å²) in [5.74, 6) is 2.61. The fraction of sp³-hybridized carbons (Fsp3) is 0.0667. The summed E-state index contributed by atoms with van der Waals surface area (Å²) in [7, 11) is 0. The zero-order valence-electron chi connectivity index (χ0n) is 10.2. The van der Waals surface area contributed by atoms with Gasteiger partial charge in [0.2, 0.25) is 0 Å². The van der Waals surface area contributed by atoms with Crippen molar-refractivity contribution < 1.29 is 17.9 Å². The van der Waals surface area contributed by atoms with Crippen LogP contribution < -0.4 is 10.1 Å². The van der Waals surface area contributed by atoms with Crippen molar-refractivity contribution in [2.75, 3.05) is 5.32 Å². The molecule has 0 aromatic heterocycles. The quantitative estimate of drug-likeness (QED) is 0.661. The molecule has 5 heteroatoms. The van der Waals surface area contributed by atoms with Crippen LogP contribution in [0.3, 0.4) is 0 Å². The highest BCUT2D eigenvalue weighted by Gasteiger charge is 2.30. The van der Waals surface area contributed by atoms with Crippen molar-refractivity contribution in [3.8, 4) is 17.7 Å². The summed E-state index contributed by atoms with van der Waals surface area (Å²) in [6.07, 6.45) is -4.68. The van der Waals surface area contributed by atoms with Gasteiger partial charge >= 0.3 is 6.36 Å². The molecule has 2 aromatic rings. The molecular weight excluding hydrogens is 267 g/mol. The molecule has 1 N–H and O–H groups in total. The number of halogens is 3. The van der Waals surface area contributed by atoms with E-state index in [9.17, 15) is 13.2 Å². The Balaban J connectivity index is 1.96. The van der Waals surface area contributed by atoms with Crippen LogP contribution in [0.25, 0.3) is 0 Å². The number of hydrogen-bond donors (Lipinski definition) is 1. The van der Waals surface area contributed by atoms with E-state index in [0.717, 1.165) is 5.56 Å².